The van der Waals surface area contributed by atoms with Gasteiger partial charge in [0, 0.05) is 32.7 Å². The molecule has 0 spiro atoms. The summed E-state index contributed by atoms with van der Waals surface area (Å²) in [5.74, 6) is 0. The van der Waals surface area contributed by atoms with Crippen LogP contribution in [0.15, 0.2) is 158 Å². The zero-order chi connectivity index (χ0) is 49.7. The number of hydrogen-bond acceptors (Lipinski definition) is 2. The third kappa shape index (κ3) is 7.52. The number of halogens is 12. The van der Waals surface area contributed by atoms with Crippen LogP contribution < -0.4 is 0 Å². The second-order valence-electron chi connectivity index (χ2n) is 16.3. The second kappa shape index (κ2) is 16.1. The highest BCUT2D eigenvalue weighted by Crippen LogP contribution is 2.47. The predicted octanol–water partition coefficient (Wildman–Crippen LogP) is 16.7. The summed E-state index contributed by atoms with van der Waals surface area (Å²) in [4.78, 5) is 0. The molecule has 0 unspecified atom stereocenters. The van der Waals surface area contributed by atoms with Crippen molar-refractivity contribution in [1.82, 2.24) is 9.13 Å². The van der Waals surface area contributed by atoms with Crippen LogP contribution in [0.2, 0.25) is 0 Å². The molecule has 10 rings (SSSR count). The maximum absolute atomic E-state index is 14.4. The molecule has 10 aromatic rings. The summed E-state index contributed by atoms with van der Waals surface area (Å²) >= 11 is 0. The molecule has 0 aliphatic rings. The van der Waals surface area contributed by atoms with E-state index in [0.717, 1.165) is 12.1 Å². The average molecular weight is 959 g/mol. The van der Waals surface area contributed by atoms with Gasteiger partial charge in [0.2, 0.25) is 0 Å². The molecule has 2 heterocycles. The van der Waals surface area contributed by atoms with Gasteiger partial charge < -0.3 is 9.13 Å². The molecule has 0 saturated carbocycles. The Kier molecular flexibility index (Phi) is 10.4. The molecule has 0 fully saturated rings. The van der Waals surface area contributed by atoms with Gasteiger partial charge in [0.15, 0.2) is 0 Å². The minimum Gasteiger partial charge on any atom is -0.309 e. The van der Waals surface area contributed by atoms with Crippen molar-refractivity contribution >= 4 is 43.6 Å². The Bertz CT molecular complexity index is 3870. The van der Waals surface area contributed by atoms with Crippen LogP contribution in [-0.2, 0) is 24.7 Å². The van der Waals surface area contributed by atoms with Gasteiger partial charge in [-0.15, -0.1) is 0 Å². The molecule has 16 heteroatoms. The molecule has 0 bridgehead atoms. The normalized spacial score (nSPS) is 12.5. The first-order valence-electron chi connectivity index (χ1n) is 20.9. The van der Waals surface area contributed by atoms with Crippen molar-refractivity contribution in [2.24, 2.45) is 0 Å². The smallest absolute Gasteiger partial charge is 0.309 e. The minimum absolute atomic E-state index is 0.0111. The van der Waals surface area contributed by atoms with Gasteiger partial charge in [0.05, 0.1) is 72.9 Å². The average Bonchev–Trinajstić information content (AvgIpc) is 3.84. The van der Waals surface area contributed by atoms with Crippen LogP contribution in [0.5, 0.6) is 0 Å². The number of nitrogens with zero attached hydrogens (tertiary/aromatic N) is 4. The fourth-order valence-corrected chi connectivity index (χ4v) is 9.30. The third-order valence-electron chi connectivity index (χ3n) is 12.3. The fraction of sp³-hybridized carbons (Fsp3) is 0.0741. The van der Waals surface area contributed by atoms with Crippen molar-refractivity contribution in [3.05, 3.63) is 191 Å². The lowest BCUT2D eigenvalue weighted by molar-refractivity contribution is -0.144. The minimum atomic E-state index is -5.16. The van der Waals surface area contributed by atoms with Crippen molar-refractivity contribution in [3.63, 3.8) is 0 Å². The predicted molar refractivity (Wildman–Crippen MR) is 241 cm³/mol. The molecule has 0 amide bonds. The van der Waals surface area contributed by atoms with E-state index in [4.69, 9.17) is 0 Å². The number of alkyl halides is 12. The van der Waals surface area contributed by atoms with E-state index in [-0.39, 0.29) is 40.1 Å². The van der Waals surface area contributed by atoms with Crippen molar-refractivity contribution in [1.29, 1.82) is 10.5 Å². The highest BCUT2D eigenvalue weighted by Gasteiger charge is 2.40. The highest BCUT2D eigenvalue weighted by atomic mass is 19.4. The molecule has 0 aliphatic carbocycles. The Balaban J connectivity index is 1.21. The molecule has 8 aromatic carbocycles. The van der Waals surface area contributed by atoms with Gasteiger partial charge in [-0.05, 0) is 107 Å². The molecule has 0 saturated heterocycles. The van der Waals surface area contributed by atoms with Crippen LogP contribution in [-0.4, -0.2) is 9.13 Å². The fourth-order valence-electron chi connectivity index (χ4n) is 9.30. The first-order valence-corrected chi connectivity index (χ1v) is 20.9. The third-order valence-corrected chi connectivity index (χ3v) is 12.3. The second-order valence-corrected chi connectivity index (χ2v) is 16.3. The number of rotatable bonds is 5. The van der Waals surface area contributed by atoms with Crippen molar-refractivity contribution in [2.75, 3.05) is 0 Å². The first-order chi connectivity index (χ1) is 33.2. The van der Waals surface area contributed by atoms with E-state index in [1.807, 2.05) is 4.57 Å². The highest BCUT2D eigenvalue weighted by molar-refractivity contribution is 6.13. The molecule has 0 atom stereocenters. The van der Waals surface area contributed by atoms with Gasteiger partial charge in [0.1, 0.15) is 6.07 Å². The monoisotopic (exact) mass is 958 g/mol. The van der Waals surface area contributed by atoms with E-state index in [2.05, 4.69) is 12.1 Å². The maximum atomic E-state index is 14.4. The molecule has 4 nitrogen and oxygen atoms in total. The lowest BCUT2D eigenvalue weighted by atomic mass is 9.95. The number of para-hydroxylation sites is 3. The lowest BCUT2D eigenvalue weighted by Gasteiger charge is -2.20. The van der Waals surface area contributed by atoms with Crippen LogP contribution in [0.25, 0.3) is 88.4 Å². The largest absolute Gasteiger partial charge is 0.417 e. The zero-order valence-electron chi connectivity index (χ0n) is 35.3. The van der Waals surface area contributed by atoms with Gasteiger partial charge >= 0.3 is 24.7 Å². The summed E-state index contributed by atoms with van der Waals surface area (Å²) in [6.07, 6.45) is -20.4. The Morgan fingerprint density at radius 2 is 0.843 bits per heavy atom. The van der Waals surface area contributed by atoms with E-state index in [0.29, 0.717) is 72.6 Å². The SMILES string of the molecule is N#Cc1ccc(-n2c3ccccc3c3cc(-c4ccc(C(F)(F)F)cc4C(F)(F)F)ccc32)c(-c2cccc(C#N)c2-n2c3ccccc3c3cc(-c4ccc(C(F)(F)F)cc4C(F)(F)F)ccc32)c1. The zero-order valence-corrected chi connectivity index (χ0v) is 35.3. The molecule has 0 N–H and O–H groups in total. The molecule has 346 valence electrons. The number of aromatic nitrogens is 2. The summed E-state index contributed by atoms with van der Waals surface area (Å²) in [5.41, 5.74) is -3.17. The first kappa shape index (κ1) is 45.3. The molecule has 0 aliphatic heterocycles. The molecular weight excluding hydrogens is 933 g/mol. The van der Waals surface area contributed by atoms with Gasteiger partial charge in [-0.2, -0.15) is 63.2 Å². The molecular formula is C54H26F12N4. The standard InChI is InChI=1S/C54H26F12N4/c55-51(56,57)33-15-17-35(43(25-33)53(61,62)63)30-13-20-48-41(23-30)37-7-1-3-10-45(37)69(48)47-19-12-29(27-67)22-40(47)39-9-5-6-32(28-68)50(39)70-46-11-4-2-8-38(46)42-24-31(14-21-49(42)70)36-18-16-34(52(58,59)60)26-44(36)54(64,65)66/h1-26H. The quantitative estimate of drug-likeness (QED) is 0.161. The summed E-state index contributed by atoms with van der Waals surface area (Å²) in [5, 5.41) is 22.9. The van der Waals surface area contributed by atoms with Crippen LogP contribution >= 0.6 is 0 Å². The summed E-state index contributed by atoms with van der Waals surface area (Å²) in [6, 6.07) is 39.4. The number of benzene rings is 8. The van der Waals surface area contributed by atoms with E-state index in [9.17, 15) is 63.2 Å². The Morgan fingerprint density at radius 1 is 0.357 bits per heavy atom. The molecule has 2 aromatic heterocycles. The van der Waals surface area contributed by atoms with Gasteiger partial charge in [0.25, 0.3) is 0 Å². The lowest BCUT2D eigenvalue weighted by Crippen LogP contribution is -2.12. The van der Waals surface area contributed by atoms with E-state index in [1.165, 1.54) is 30.3 Å². The van der Waals surface area contributed by atoms with Crippen LogP contribution in [0.1, 0.15) is 33.4 Å². The summed E-state index contributed by atoms with van der Waals surface area (Å²) in [6.45, 7) is 0. The van der Waals surface area contributed by atoms with Crippen molar-refractivity contribution < 1.29 is 52.7 Å². The van der Waals surface area contributed by atoms with Gasteiger partial charge in [-0.1, -0.05) is 72.8 Å². The number of fused-ring (bicyclic) bond motifs is 6. The topological polar surface area (TPSA) is 57.4 Å². The van der Waals surface area contributed by atoms with Crippen LogP contribution in [0.3, 0.4) is 0 Å². The number of nitriles is 2. The Labute approximate surface area is 387 Å². The Hall–Kier alpha value is -8.50. The van der Waals surface area contributed by atoms with E-state index in [1.54, 1.807) is 95.6 Å². The van der Waals surface area contributed by atoms with Gasteiger partial charge in [-0.25, -0.2) is 0 Å². The van der Waals surface area contributed by atoms with Gasteiger partial charge in [-0.3, -0.25) is 0 Å². The van der Waals surface area contributed by atoms with Crippen LogP contribution in [0, 0.1) is 22.7 Å². The molecule has 0 radical (unpaired) electrons. The maximum Gasteiger partial charge on any atom is 0.417 e. The Morgan fingerprint density at radius 3 is 1.33 bits per heavy atom. The number of hydrogen-bond donors (Lipinski definition) is 0. The summed E-state index contributed by atoms with van der Waals surface area (Å²) < 4.78 is 172. The summed E-state index contributed by atoms with van der Waals surface area (Å²) in [7, 11) is 0. The van der Waals surface area contributed by atoms with Crippen molar-refractivity contribution in [3.8, 4) is 56.9 Å². The van der Waals surface area contributed by atoms with E-state index >= 15 is 0 Å². The van der Waals surface area contributed by atoms with E-state index < -0.39 is 58.1 Å². The molecule has 70 heavy (non-hydrogen) atoms. The van der Waals surface area contributed by atoms with Crippen LogP contribution in [0.4, 0.5) is 52.7 Å². The van der Waals surface area contributed by atoms with Crippen molar-refractivity contribution in [2.45, 2.75) is 24.7 Å².